The lowest BCUT2D eigenvalue weighted by Gasteiger charge is -2.30. The van der Waals surface area contributed by atoms with Gasteiger partial charge in [0.25, 0.3) is 0 Å². The van der Waals surface area contributed by atoms with Crippen molar-refractivity contribution in [1.82, 2.24) is 9.97 Å². The molecule has 164 valence electrons. The summed E-state index contributed by atoms with van der Waals surface area (Å²) in [7, 11) is 1.81. The number of aryl methyl sites for hydroxylation is 1. The summed E-state index contributed by atoms with van der Waals surface area (Å²) in [6, 6.07) is 5.78. The van der Waals surface area contributed by atoms with Crippen molar-refractivity contribution in [3.63, 3.8) is 0 Å². The summed E-state index contributed by atoms with van der Waals surface area (Å²) in [5.74, 6) is 0.483. The first-order valence-corrected chi connectivity index (χ1v) is 11.0. The van der Waals surface area contributed by atoms with Crippen molar-refractivity contribution in [3.8, 4) is 0 Å². The second-order valence-corrected chi connectivity index (χ2v) is 8.62. The lowest BCUT2D eigenvalue weighted by molar-refractivity contribution is -0.123. The van der Waals surface area contributed by atoms with E-state index in [0.717, 1.165) is 55.5 Å². The zero-order valence-corrected chi connectivity index (χ0v) is 18.3. The van der Waals surface area contributed by atoms with Crippen LogP contribution in [0.25, 0.3) is 0 Å². The van der Waals surface area contributed by atoms with Crippen molar-refractivity contribution in [2.75, 3.05) is 22.6 Å². The molecule has 0 saturated heterocycles. The van der Waals surface area contributed by atoms with Gasteiger partial charge in [0.2, 0.25) is 17.8 Å². The molecule has 2 aliphatic rings. The first kappa shape index (κ1) is 21.4. The standard InChI is InChI=1S/C22H27ClN6O2/c1-29-18-10-9-14(11-13(18)5-4-8-19(29)30)26-22-25-12-16(23)21(28-22)27-17-7-3-2-6-15(17)20(24)31/h9-12,15,17H,2-8H2,1H3,(H2,24,31)(H2,25,26,27,28)/t15-,17+/m0/s1. The summed E-state index contributed by atoms with van der Waals surface area (Å²) in [6.45, 7) is 0. The molecule has 1 fully saturated rings. The largest absolute Gasteiger partial charge is 0.369 e. The Bertz CT molecular complexity index is 998. The SMILES string of the molecule is CN1C(=O)CCCc2cc(Nc3ncc(Cl)c(N[C@@H]4CCCC[C@@H]4C(N)=O)n3)ccc21. The van der Waals surface area contributed by atoms with Crippen LogP contribution < -0.4 is 21.3 Å². The summed E-state index contributed by atoms with van der Waals surface area (Å²) in [5.41, 5.74) is 8.46. The maximum absolute atomic E-state index is 12.1. The van der Waals surface area contributed by atoms with Crippen LogP contribution in [0.5, 0.6) is 0 Å². The van der Waals surface area contributed by atoms with E-state index in [1.54, 1.807) is 4.90 Å². The van der Waals surface area contributed by atoms with Gasteiger partial charge in [-0.05, 0) is 49.4 Å². The zero-order chi connectivity index (χ0) is 22.0. The van der Waals surface area contributed by atoms with Gasteiger partial charge in [0.15, 0.2) is 5.82 Å². The second kappa shape index (κ2) is 9.09. The Morgan fingerprint density at radius 1 is 1.23 bits per heavy atom. The maximum Gasteiger partial charge on any atom is 0.229 e. The van der Waals surface area contributed by atoms with Crippen molar-refractivity contribution in [2.45, 2.75) is 51.0 Å². The van der Waals surface area contributed by atoms with Crippen molar-refractivity contribution in [3.05, 3.63) is 35.0 Å². The predicted molar refractivity (Wildman–Crippen MR) is 122 cm³/mol. The first-order valence-electron chi connectivity index (χ1n) is 10.7. The lowest BCUT2D eigenvalue weighted by Crippen LogP contribution is -2.40. The molecule has 2 amide bonds. The van der Waals surface area contributed by atoms with Gasteiger partial charge in [-0.1, -0.05) is 24.4 Å². The number of amides is 2. The molecule has 8 nitrogen and oxygen atoms in total. The number of hydrogen-bond acceptors (Lipinski definition) is 6. The summed E-state index contributed by atoms with van der Waals surface area (Å²) in [4.78, 5) is 34.4. The number of aromatic nitrogens is 2. The van der Waals surface area contributed by atoms with Gasteiger partial charge in [0, 0.05) is 30.9 Å². The molecule has 1 saturated carbocycles. The summed E-state index contributed by atoms with van der Waals surface area (Å²) in [5, 5.41) is 6.92. The van der Waals surface area contributed by atoms with Crippen molar-refractivity contribution in [1.29, 1.82) is 0 Å². The van der Waals surface area contributed by atoms with Crippen LogP contribution >= 0.6 is 11.6 Å². The maximum atomic E-state index is 12.1. The Morgan fingerprint density at radius 2 is 2.03 bits per heavy atom. The number of nitrogens with one attached hydrogen (secondary N) is 2. The first-order chi connectivity index (χ1) is 14.9. The number of primary amides is 1. The van der Waals surface area contributed by atoms with Gasteiger partial charge in [0.1, 0.15) is 5.02 Å². The Kier molecular flexibility index (Phi) is 6.27. The van der Waals surface area contributed by atoms with E-state index in [1.165, 1.54) is 6.20 Å². The molecular weight excluding hydrogens is 416 g/mol. The van der Waals surface area contributed by atoms with Crippen LogP contribution in [0.4, 0.5) is 23.1 Å². The molecule has 0 radical (unpaired) electrons. The minimum Gasteiger partial charge on any atom is -0.369 e. The molecule has 1 aromatic heterocycles. The Labute approximate surface area is 186 Å². The van der Waals surface area contributed by atoms with Gasteiger partial charge < -0.3 is 21.3 Å². The number of carbonyl (C=O) groups excluding carboxylic acids is 2. The van der Waals surface area contributed by atoms with E-state index in [9.17, 15) is 9.59 Å². The molecule has 9 heteroatoms. The Balaban J connectivity index is 1.53. The second-order valence-electron chi connectivity index (χ2n) is 8.21. The number of hydrogen-bond donors (Lipinski definition) is 3. The highest BCUT2D eigenvalue weighted by Gasteiger charge is 2.30. The van der Waals surface area contributed by atoms with Gasteiger partial charge in [-0.2, -0.15) is 4.98 Å². The molecule has 1 aromatic carbocycles. The van der Waals surface area contributed by atoms with Crippen molar-refractivity contribution in [2.24, 2.45) is 11.7 Å². The van der Waals surface area contributed by atoms with E-state index in [4.69, 9.17) is 17.3 Å². The van der Waals surface area contributed by atoms with E-state index >= 15 is 0 Å². The monoisotopic (exact) mass is 442 g/mol. The molecule has 31 heavy (non-hydrogen) atoms. The number of halogens is 1. The van der Waals surface area contributed by atoms with Gasteiger partial charge in [0.05, 0.1) is 12.1 Å². The fraction of sp³-hybridized carbons (Fsp3) is 0.455. The van der Waals surface area contributed by atoms with Crippen molar-refractivity contribution >= 4 is 46.6 Å². The van der Waals surface area contributed by atoms with Gasteiger partial charge >= 0.3 is 0 Å². The summed E-state index contributed by atoms with van der Waals surface area (Å²) in [6.07, 6.45) is 7.39. The zero-order valence-electron chi connectivity index (χ0n) is 17.5. The van der Waals surface area contributed by atoms with Gasteiger partial charge in [-0.25, -0.2) is 4.98 Å². The number of benzene rings is 1. The molecule has 2 atom stereocenters. The highest BCUT2D eigenvalue weighted by Crippen LogP contribution is 2.31. The third-order valence-corrected chi connectivity index (χ3v) is 6.38. The van der Waals surface area contributed by atoms with Crippen LogP contribution in [0, 0.1) is 5.92 Å². The number of carbonyl (C=O) groups is 2. The van der Waals surface area contributed by atoms with Gasteiger partial charge in [-0.3, -0.25) is 9.59 Å². The van der Waals surface area contributed by atoms with Crippen LogP contribution in [0.3, 0.4) is 0 Å². The smallest absolute Gasteiger partial charge is 0.229 e. The number of nitrogens with zero attached hydrogens (tertiary/aromatic N) is 3. The van der Waals surface area contributed by atoms with E-state index in [1.807, 2.05) is 25.2 Å². The molecule has 1 aliphatic carbocycles. The fourth-order valence-electron chi connectivity index (χ4n) is 4.40. The van der Waals surface area contributed by atoms with Crippen LogP contribution in [0.15, 0.2) is 24.4 Å². The minimum atomic E-state index is -0.297. The molecule has 0 bridgehead atoms. The third-order valence-electron chi connectivity index (χ3n) is 6.11. The van der Waals surface area contributed by atoms with E-state index in [2.05, 4.69) is 20.6 Å². The minimum absolute atomic E-state index is 0.0907. The molecule has 2 heterocycles. The Morgan fingerprint density at radius 3 is 2.84 bits per heavy atom. The van der Waals surface area contributed by atoms with Crippen LogP contribution in [-0.2, 0) is 16.0 Å². The molecular formula is C22H27ClN6O2. The van der Waals surface area contributed by atoms with Crippen LogP contribution in [-0.4, -0.2) is 34.9 Å². The highest BCUT2D eigenvalue weighted by atomic mass is 35.5. The number of fused-ring (bicyclic) bond motifs is 1. The molecule has 2 aromatic rings. The molecule has 4 N–H and O–H groups in total. The number of anilines is 4. The van der Waals surface area contributed by atoms with E-state index in [-0.39, 0.29) is 23.8 Å². The number of nitrogens with two attached hydrogens (primary N) is 1. The average molecular weight is 443 g/mol. The number of rotatable bonds is 5. The van der Waals surface area contributed by atoms with Crippen LogP contribution in [0.2, 0.25) is 5.02 Å². The lowest BCUT2D eigenvalue weighted by atomic mass is 9.84. The van der Waals surface area contributed by atoms with E-state index < -0.39 is 0 Å². The quantitative estimate of drug-likeness (QED) is 0.651. The third kappa shape index (κ3) is 4.74. The Hall–Kier alpha value is -2.87. The summed E-state index contributed by atoms with van der Waals surface area (Å²) >= 11 is 6.32. The molecule has 1 aliphatic heterocycles. The fourth-order valence-corrected chi connectivity index (χ4v) is 4.55. The van der Waals surface area contributed by atoms with E-state index in [0.29, 0.717) is 23.2 Å². The molecule has 0 spiro atoms. The topological polar surface area (TPSA) is 113 Å². The average Bonchev–Trinajstić information content (AvgIpc) is 2.89. The highest BCUT2D eigenvalue weighted by molar-refractivity contribution is 6.32. The van der Waals surface area contributed by atoms with Crippen LogP contribution in [0.1, 0.15) is 44.1 Å². The molecule has 4 rings (SSSR count). The summed E-state index contributed by atoms with van der Waals surface area (Å²) < 4.78 is 0. The predicted octanol–water partition coefficient (Wildman–Crippen LogP) is 3.63. The van der Waals surface area contributed by atoms with Crippen molar-refractivity contribution < 1.29 is 9.59 Å². The molecule has 0 unspecified atom stereocenters. The van der Waals surface area contributed by atoms with Gasteiger partial charge in [-0.15, -0.1) is 0 Å². The normalized spacial score (nSPS) is 21.2.